The van der Waals surface area contributed by atoms with Gasteiger partial charge in [-0.25, -0.2) is 18.4 Å². The maximum Gasteiger partial charge on any atom is 0.338 e. The van der Waals surface area contributed by atoms with E-state index in [1.54, 1.807) is 50.2 Å². The van der Waals surface area contributed by atoms with Crippen LogP contribution in [0.15, 0.2) is 53.7 Å². The van der Waals surface area contributed by atoms with E-state index in [-0.39, 0.29) is 25.3 Å². The van der Waals surface area contributed by atoms with E-state index in [0.717, 1.165) is 6.07 Å². The van der Waals surface area contributed by atoms with Crippen molar-refractivity contribution in [3.8, 4) is 5.75 Å². The van der Waals surface area contributed by atoms with Gasteiger partial charge in [0.1, 0.15) is 17.4 Å². The molecule has 32 heavy (non-hydrogen) atoms. The van der Waals surface area contributed by atoms with Gasteiger partial charge in [-0.1, -0.05) is 18.2 Å². The highest BCUT2D eigenvalue weighted by Crippen LogP contribution is 2.29. The summed E-state index contributed by atoms with van der Waals surface area (Å²) in [6.07, 6.45) is 0. The van der Waals surface area contributed by atoms with Gasteiger partial charge in [-0.15, -0.1) is 0 Å². The second kappa shape index (κ2) is 10.2. The van der Waals surface area contributed by atoms with Crippen LogP contribution in [-0.2, 0) is 16.1 Å². The van der Waals surface area contributed by atoms with Crippen LogP contribution in [0, 0.1) is 11.6 Å². The number of halogens is 2. The first-order chi connectivity index (χ1) is 15.3. The fourth-order valence-corrected chi connectivity index (χ4v) is 3.51. The zero-order chi connectivity index (χ0) is 23.3. The molecule has 0 saturated heterocycles. The van der Waals surface area contributed by atoms with E-state index in [0.29, 0.717) is 22.6 Å². The van der Waals surface area contributed by atoms with Gasteiger partial charge in [-0.3, -0.25) is 4.90 Å². The molecule has 0 aliphatic carbocycles. The van der Waals surface area contributed by atoms with Gasteiger partial charge in [0.2, 0.25) is 0 Å². The molecule has 2 amide bonds. The van der Waals surface area contributed by atoms with Crippen molar-refractivity contribution < 1.29 is 27.8 Å². The maximum atomic E-state index is 14.1. The summed E-state index contributed by atoms with van der Waals surface area (Å²) in [7, 11) is 3.25. The molecule has 2 aromatic rings. The summed E-state index contributed by atoms with van der Waals surface area (Å²) < 4.78 is 37.7. The molecule has 1 unspecified atom stereocenters. The van der Waals surface area contributed by atoms with Crippen molar-refractivity contribution in [1.82, 2.24) is 15.5 Å². The van der Waals surface area contributed by atoms with Gasteiger partial charge < -0.3 is 20.1 Å². The van der Waals surface area contributed by atoms with Gasteiger partial charge in [-0.2, -0.15) is 0 Å². The number of rotatable bonds is 8. The summed E-state index contributed by atoms with van der Waals surface area (Å²) in [5.74, 6) is -1.26. The number of amides is 2. The molecule has 9 heteroatoms. The number of ether oxygens (including phenoxy) is 2. The largest absolute Gasteiger partial charge is 0.497 e. The number of esters is 1. The molecule has 0 fully saturated rings. The highest BCUT2D eigenvalue weighted by molar-refractivity contribution is 5.95. The molecule has 2 N–H and O–H groups in total. The van der Waals surface area contributed by atoms with Crippen molar-refractivity contribution in [2.24, 2.45) is 0 Å². The standard InChI is InChI=1S/C23H25F2N3O4/c1-4-32-22(29)20-19(13-28(2)12-15-5-8-16(24)11-18(15)25)26-23(30)27-21(20)14-6-9-17(31-3)10-7-14/h5-11,21H,4,12-13H2,1-3H3,(H2,26,27,30). The lowest BCUT2D eigenvalue weighted by Gasteiger charge is -2.31. The van der Waals surface area contributed by atoms with E-state index >= 15 is 0 Å². The van der Waals surface area contributed by atoms with Gasteiger partial charge >= 0.3 is 12.0 Å². The number of likely N-dealkylation sites (N-methyl/N-ethyl adjacent to an activating group) is 1. The van der Waals surface area contributed by atoms with Gasteiger partial charge in [0.15, 0.2) is 0 Å². The molecule has 0 saturated carbocycles. The Morgan fingerprint density at radius 3 is 2.47 bits per heavy atom. The lowest BCUT2D eigenvalue weighted by molar-refractivity contribution is -0.139. The molecule has 1 atom stereocenters. The molecule has 1 aliphatic heterocycles. The number of nitrogens with zero attached hydrogens (tertiary/aromatic N) is 1. The molecular weight excluding hydrogens is 420 g/mol. The summed E-state index contributed by atoms with van der Waals surface area (Å²) in [5.41, 5.74) is 1.56. The molecule has 0 aromatic heterocycles. The second-order valence-electron chi connectivity index (χ2n) is 7.33. The third-order valence-electron chi connectivity index (χ3n) is 4.98. The average Bonchev–Trinajstić information content (AvgIpc) is 2.75. The Hall–Kier alpha value is -3.46. The van der Waals surface area contributed by atoms with Crippen molar-refractivity contribution in [1.29, 1.82) is 0 Å². The summed E-state index contributed by atoms with van der Waals surface area (Å²) in [5, 5.41) is 5.44. The predicted molar refractivity (Wildman–Crippen MR) is 114 cm³/mol. The molecule has 170 valence electrons. The summed E-state index contributed by atoms with van der Waals surface area (Å²) in [6, 6.07) is 9.12. The van der Waals surface area contributed by atoms with E-state index in [4.69, 9.17) is 9.47 Å². The smallest absolute Gasteiger partial charge is 0.338 e. The topological polar surface area (TPSA) is 79.9 Å². The number of hydrogen-bond donors (Lipinski definition) is 2. The highest BCUT2D eigenvalue weighted by atomic mass is 19.1. The van der Waals surface area contributed by atoms with Gasteiger partial charge in [0.25, 0.3) is 0 Å². The van der Waals surface area contributed by atoms with E-state index in [9.17, 15) is 18.4 Å². The summed E-state index contributed by atoms with van der Waals surface area (Å²) in [6.45, 7) is 2.13. The van der Waals surface area contributed by atoms with Crippen LogP contribution in [0.5, 0.6) is 5.75 Å². The van der Waals surface area contributed by atoms with Crippen molar-refractivity contribution in [3.63, 3.8) is 0 Å². The minimum Gasteiger partial charge on any atom is -0.497 e. The Morgan fingerprint density at radius 1 is 1.12 bits per heavy atom. The molecule has 0 spiro atoms. The Kier molecular flexibility index (Phi) is 7.42. The van der Waals surface area contributed by atoms with Gasteiger partial charge in [-0.05, 0) is 37.7 Å². The van der Waals surface area contributed by atoms with Crippen LogP contribution in [-0.4, -0.2) is 44.2 Å². The molecule has 2 aromatic carbocycles. The number of carbonyl (C=O) groups excluding carboxylic acids is 2. The number of urea groups is 1. The number of carbonyl (C=O) groups is 2. The van der Waals surface area contributed by atoms with E-state index in [2.05, 4.69) is 10.6 Å². The average molecular weight is 445 g/mol. The molecule has 0 radical (unpaired) electrons. The van der Waals surface area contributed by atoms with Crippen LogP contribution in [0.25, 0.3) is 0 Å². The Balaban J connectivity index is 1.93. The normalized spacial score (nSPS) is 15.9. The Morgan fingerprint density at radius 2 is 1.84 bits per heavy atom. The number of methoxy groups -OCH3 is 1. The Labute approximate surface area is 185 Å². The van der Waals surface area contributed by atoms with Crippen LogP contribution >= 0.6 is 0 Å². The maximum absolute atomic E-state index is 14.1. The second-order valence-corrected chi connectivity index (χ2v) is 7.33. The van der Waals surface area contributed by atoms with Crippen molar-refractivity contribution in [2.75, 3.05) is 27.3 Å². The van der Waals surface area contributed by atoms with Crippen LogP contribution in [0.3, 0.4) is 0 Å². The SMILES string of the molecule is CCOC(=O)C1=C(CN(C)Cc2ccc(F)cc2F)NC(=O)NC1c1ccc(OC)cc1. The molecular formula is C23H25F2N3O4. The quantitative estimate of drug-likeness (QED) is 0.610. The molecule has 0 bridgehead atoms. The first-order valence-electron chi connectivity index (χ1n) is 10.1. The summed E-state index contributed by atoms with van der Waals surface area (Å²) in [4.78, 5) is 26.9. The first kappa shape index (κ1) is 23.2. The number of benzene rings is 2. The third-order valence-corrected chi connectivity index (χ3v) is 4.98. The minimum absolute atomic E-state index is 0.130. The van der Waals surface area contributed by atoms with E-state index in [1.165, 1.54) is 12.1 Å². The minimum atomic E-state index is -0.736. The van der Waals surface area contributed by atoms with Gasteiger partial charge in [0, 0.05) is 30.4 Å². The van der Waals surface area contributed by atoms with Crippen LogP contribution < -0.4 is 15.4 Å². The molecule has 1 aliphatic rings. The zero-order valence-corrected chi connectivity index (χ0v) is 18.1. The van der Waals surface area contributed by atoms with Crippen LogP contribution in [0.2, 0.25) is 0 Å². The van der Waals surface area contributed by atoms with Crippen molar-refractivity contribution in [3.05, 3.63) is 76.5 Å². The van der Waals surface area contributed by atoms with Crippen LogP contribution in [0.1, 0.15) is 24.1 Å². The van der Waals surface area contributed by atoms with E-state index < -0.39 is 29.7 Å². The zero-order valence-electron chi connectivity index (χ0n) is 18.1. The Bertz CT molecular complexity index is 1020. The lowest BCUT2D eigenvalue weighted by atomic mass is 9.95. The number of nitrogens with one attached hydrogen (secondary N) is 2. The third kappa shape index (κ3) is 5.42. The predicted octanol–water partition coefficient (Wildman–Crippen LogP) is 3.28. The lowest BCUT2D eigenvalue weighted by Crippen LogP contribution is -2.48. The first-order valence-corrected chi connectivity index (χ1v) is 10.1. The van der Waals surface area contributed by atoms with Crippen molar-refractivity contribution in [2.45, 2.75) is 19.5 Å². The van der Waals surface area contributed by atoms with Crippen LogP contribution in [0.4, 0.5) is 13.6 Å². The summed E-state index contributed by atoms with van der Waals surface area (Å²) >= 11 is 0. The molecule has 3 rings (SSSR count). The fourth-order valence-electron chi connectivity index (χ4n) is 3.51. The molecule has 1 heterocycles. The molecule has 7 nitrogen and oxygen atoms in total. The van der Waals surface area contributed by atoms with E-state index in [1.807, 2.05) is 0 Å². The fraction of sp³-hybridized carbons (Fsp3) is 0.304. The van der Waals surface area contributed by atoms with Crippen molar-refractivity contribution >= 4 is 12.0 Å². The van der Waals surface area contributed by atoms with Gasteiger partial charge in [0.05, 0.1) is 25.3 Å². The highest BCUT2D eigenvalue weighted by Gasteiger charge is 2.34. The number of hydrogen-bond acceptors (Lipinski definition) is 5. The monoisotopic (exact) mass is 445 g/mol.